The first kappa shape index (κ1) is 17.9. The molecule has 0 aliphatic heterocycles. The Hall–Kier alpha value is -1.90. The Labute approximate surface area is 151 Å². The number of benzene rings is 1. The summed E-state index contributed by atoms with van der Waals surface area (Å²) < 4.78 is 26.9. The van der Waals surface area contributed by atoms with Crippen LogP contribution in [0.4, 0.5) is 5.69 Å². The van der Waals surface area contributed by atoms with Gasteiger partial charge in [-0.3, -0.25) is 9.78 Å². The zero-order valence-electron chi connectivity index (χ0n) is 13.8. The summed E-state index contributed by atoms with van der Waals surface area (Å²) in [6, 6.07) is 10.4. The van der Waals surface area contributed by atoms with Crippen LogP contribution in [0.3, 0.4) is 0 Å². The van der Waals surface area contributed by atoms with E-state index < -0.39 is 10.0 Å². The molecule has 1 N–H and O–H groups in total. The molecule has 0 spiro atoms. The molecule has 1 fully saturated rings. The molecule has 1 heterocycles. The zero-order valence-corrected chi connectivity index (χ0v) is 15.4. The second-order valence-corrected chi connectivity index (χ2v) is 8.52. The van der Waals surface area contributed by atoms with Crippen molar-refractivity contribution < 1.29 is 13.2 Å². The molecule has 1 amide bonds. The number of thioether (sulfide) groups is 1. The average molecular weight is 377 g/mol. The van der Waals surface area contributed by atoms with Crippen LogP contribution in [0.5, 0.6) is 0 Å². The lowest BCUT2D eigenvalue weighted by Crippen LogP contribution is -2.39. The van der Waals surface area contributed by atoms with E-state index in [4.69, 9.17) is 0 Å². The first-order valence-electron chi connectivity index (χ1n) is 7.86. The highest BCUT2D eigenvalue weighted by Gasteiger charge is 2.39. The van der Waals surface area contributed by atoms with Crippen LogP contribution in [0.1, 0.15) is 12.8 Å². The van der Waals surface area contributed by atoms with Gasteiger partial charge >= 0.3 is 0 Å². The largest absolute Gasteiger partial charge is 0.325 e. The van der Waals surface area contributed by atoms with Gasteiger partial charge in [0.2, 0.25) is 15.9 Å². The van der Waals surface area contributed by atoms with Crippen molar-refractivity contribution in [3.05, 3.63) is 48.8 Å². The minimum absolute atomic E-state index is 0.110. The maximum absolute atomic E-state index is 12.8. The number of nitrogens with one attached hydrogen (secondary N) is 1. The third kappa shape index (κ3) is 4.39. The van der Waals surface area contributed by atoms with Gasteiger partial charge in [-0.15, -0.1) is 11.8 Å². The number of rotatable bonds is 7. The van der Waals surface area contributed by atoms with Crippen LogP contribution in [0.15, 0.2) is 58.6 Å². The monoisotopic (exact) mass is 377 g/mol. The minimum Gasteiger partial charge on any atom is -0.325 e. The van der Waals surface area contributed by atoms with Crippen molar-refractivity contribution in [1.82, 2.24) is 9.29 Å². The average Bonchev–Trinajstić information content (AvgIpc) is 3.46. The molecule has 2 aromatic rings. The van der Waals surface area contributed by atoms with Crippen LogP contribution in [-0.4, -0.2) is 42.5 Å². The summed E-state index contributed by atoms with van der Waals surface area (Å²) in [5, 5.41) is 2.76. The van der Waals surface area contributed by atoms with Crippen LogP contribution >= 0.6 is 11.8 Å². The van der Waals surface area contributed by atoms with E-state index in [1.54, 1.807) is 30.0 Å². The Morgan fingerprint density at radius 1 is 1.28 bits per heavy atom. The molecule has 1 aromatic carbocycles. The number of nitrogens with zero attached hydrogens (tertiary/aromatic N) is 2. The second-order valence-electron chi connectivity index (χ2n) is 5.75. The van der Waals surface area contributed by atoms with Gasteiger partial charge in [-0.1, -0.05) is 0 Å². The standard InChI is InChI=1S/C17H19N3O3S2/c1-24-15-8-4-13(5-9-15)19-17(21)12-20(14-6-7-14)25(22,23)16-3-2-10-18-11-16/h2-5,8-11,14H,6-7,12H2,1H3,(H,19,21). The molecule has 3 rings (SSSR count). The molecule has 1 aromatic heterocycles. The fourth-order valence-corrected chi connectivity index (χ4v) is 4.44. The van der Waals surface area contributed by atoms with Gasteiger partial charge in [-0.2, -0.15) is 4.31 Å². The second kappa shape index (κ2) is 7.55. The molecule has 1 aliphatic carbocycles. The predicted molar refractivity (Wildman–Crippen MR) is 98.0 cm³/mol. The SMILES string of the molecule is CSc1ccc(NC(=O)CN(C2CC2)S(=O)(=O)c2cccnc2)cc1. The van der Waals surface area contributed by atoms with E-state index in [1.807, 2.05) is 18.4 Å². The zero-order chi connectivity index (χ0) is 17.9. The van der Waals surface area contributed by atoms with Gasteiger partial charge in [0, 0.05) is 29.0 Å². The molecular weight excluding hydrogens is 358 g/mol. The summed E-state index contributed by atoms with van der Waals surface area (Å²) in [5.41, 5.74) is 0.650. The van der Waals surface area contributed by atoms with E-state index in [0.717, 1.165) is 17.7 Å². The molecule has 0 radical (unpaired) electrons. The van der Waals surface area contributed by atoms with E-state index in [-0.39, 0.29) is 23.4 Å². The molecule has 0 unspecified atom stereocenters. The Bertz CT molecular complexity index is 835. The van der Waals surface area contributed by atoms with Gasteiger partial charge in [0.25, 0.3) is 0 Å². The van der Waals surface area contributed by atoms with Crippen molar-refractivity contribution in [3.8, 4) is 0 Å². The van der Waals surface area contributed by atoms with Gasteiger partial charge < -0.3 is 5.32 Å². The number of anilines is 1. The summed E-state index contributed by atoms with van der Waals surface area (Å²) in [7, 11) is -3.73. The smallest absolute Gasteiger partial charge is 0.245 e. The molecule has 132 valence electrons. The van der Waals surface area contributed by atoms with E-state index in [9.17, 15) is 13.2 Å². The van der Waals surface area contributed by atoms with Crippen molar-refractivity contribution in [2.75, 3.05) is 18.1 Å². The normalized spacial score (nSPS) is 14.5. The van der Waals surface area contributed by atoms with Gasteiger partial charge in [-0.05, 0) is 55.5 Å². The van der Waals surface area contributed by atoms with E-state index in [1.165, 1.54) is 22.8 Å². The Morgan fingerprint density at radius 2 is 2.00 bits per heavy atom. The predicted octanol–water partition coefficient (Wildman–Crippen LogP) is 2.60. The van der Waals surface area contributed by atoms with Crippen molar-refractivity contribution in [3.63, 3.8) is 0 Å². The molecule has 25 heavy (non-hydrogen) atoms. The Kier molecular flexibility index (Phi) is 5.41. The number of hydrogen-bond donors (Lipinski definition) is 1. The van der Waals surface area contributed by atoms with Gasteiger partial charge in [0.1, 0.15) is 4.90 Å². The van der Waals surface area contributed by atoms with Crippen molar-refractivity contribution in [1.29, 1.82) is 0 Å². The maximum Gasteiger partial charge on any atom is 0.245 e. The number of hydrogen-bond acceptors (Lipinski definition) is 5. The molecule has 1 aliphatic rings. The molecule has 0 saturated heterocycles. The topological polar surface area (TPSA) is 79.4 Å². The lowest BCUT2D eigenvalue weighted by Gasteiger charge is -2.21. The first-order chi connectivity index (χ1) is 12.0. The fraction of sp³-hybridized carbons (Fsp3) is 0.294. The highest BCUT2D eigenvalue weighted by Crippen LogP contribution is 2.31. The van der Waals surface area contributed by atoms with E-state index in [2.05, 4.69) is 10.3 Å². The van der Waals surface area contributed by atoms with Crippen LogP contribution in [0, 0.1) is 0 Å². The number of carbonyl (C=O) groups excluding carboxylic acids is 1. The van der Waals surface area contributed by atoms with E-state index in [0.29, 0.717) is 5.69 Å². The summed E-state index contributed by atoms with van der Waals surface area (Å²) in [4.78, 5) is 17.4. The van der Waals surface area contributed by atoms with Gasteiger partial charge in [0.05, 0.1) is 6.54 Å². The lowest BCUT2D eigenvalue weighted by molar-refractivity contribution is -0.116. The Balaban J connectivity index is 1.72. The number of sulfonamides is 1. The molecule has 6 nitrogen and oxygen atoms in total. The van der Waals surface area contributed by atoms with Crippen molar-refractivity contribution in [2.45, 2.75) is 28.7 Å². The van der Waals surface area contributed by atoms with E-state index >= 15 is 0 Å². The highest BCUT2D eigenvalue weighted by molar-refractivity contribution is 7.98. The number of amides is 1. The third-order valence-corrected chi connectivity index (χ3v) is 6.49. The first-order valence-corrected chi connectivity index (χ1v) is 10.5. The Morgan fingerprint density at radius 3 is 2.56 bits per heavy atom. The number of aromatic nitrogens is 1. The summed E-state index contributed by atoms with van der Waals surface area (Å²) in [5.74, 6) is -0.351. The number of carbonyl (C=O) groups is 1. The molecular formula is C17H19N3O3S2. The van der Waals surface area contributed by atoms with Crippen molar-refractivity contribution >= 4 is 33.4 Å². The van der Waals surface area contributed by atoms with Crippen LogP contribution < -0.4 is 5.32 Å². The van der Waals surface area contributed by atoms with Crippen LogP contribution in [-0.2, 0) is 14.8 Å². The van der Waals surface area contributed by atoms with Gasteiger partial charge in [0.15, 0.2) is 0 Å². The quantitative estimate of drug-likeness (QED) is 0.750. The maximum atomic E-state index is 12.8. The molecule has 1 saturated carbocycles. The lowest BCUT2D eigenvalue weighted by atomic mass is 10.3. The summed E-state index contributed by atoms with van der Waals surface area (Å²) in [6.45, 7) is -0.202. The number of pyridine rings is 1. The minimum atomic E-state index is -3.73. The fourth-order valence-electron chi connectivity index (χ4n) is 2.42. The summed E-state index contributed by atoms with van der Waals surface area (Å²) in [6.07, 6.45) is 6.35. The third-order valence-electron chi connectivity index (χ3n) is 3.87. The van der Waals surface area contributed by atoms with Crippen LogP contribution in [0.25, 0.3) is 0 Å². The molecule has 0 bridgehead atoms. The van der Waals surface area contributed by atoms with Gasteiger partial charge in [-0.25, -0.2) is 8.42 Å². The van der Waals surface area contributed by atoms with Crippen molar-refractivity contribution in [2.24, 2.45) is 0 Å². The molecule has 8 heteroatoms. The molecule has 0 atom stereocenters. The van der Waals surface area contributed by atoms with Crippen LogP contribution in [0.2, 0.25) is 0 Å². The summed E-state index contributed by atoms with van der Waals surface area (Å²) >= 11 is 1.61. The highest BCUT2D eigenvalue weighted by atomic mass is 32.2.